The van der Waals surface area contributed by atoms with Crippen molar-refractivity contribution >= 4 is 17.3 Å². The van der Waals surface area contributed by atoms with Crippen LogP contribution in [0, 0.1) is 12.8 Å². The fourth-order valence-corrected chi connectivity index (χ4v) is 3.47. The third kappa shape index (κ3) is 1.84. The molecule has 1 aromatic carbocycles. The largest absolute Gasteiger partial charge is 0.384 e. The van der Waals surface area contributed by atoms with E-state index in [1.807, 2.05) is 0 Å². The van der Waals surface area contributed by atoms with Crippen LogP contribution in [0.1, 0.15) is 23.5 Å². The molecular formula is C14H19ClN2. The minimum Gasteiger partial charge on any atom is -0.384 e. The van der Waals surface area contributed by atoms with Gasteiger partial charge in [0.2, 0.25) is 0 Å². The second kappa shape index (κ2) is 4.18. The summed E-state index contributed by atoms with van der Waals surface area (Å²) in [5.74, 6) is 1.47. The van der Waals surface area contributed by atoms with Gasteiger partial charge < -0.3 is 10.2 Å². The maximum Gasteiger partial charge on any atom is 0.0455 e. The molecule has 3 heteroatoms. The van der Waals surface area contributed by atoms with E-state index in [4.69, 9.17) is 11.6 Å². The SMILES string of the molecule is Cc1c(Cl)ccc2c1NCC1CN(C)CCC21. The van der Waals surface area contributed by atoms with Crippen LogP contribution in [0.5, 0.6) is 0 Å². The highest BCUT2D eigenvalue weighted by Gasteiger charge is 2.34. The Labute approximate surface area is 108 Å². The fraction of sp³-hybridized carbons (Fsp3) is 0.571. The average Bonchev–Trinajstić information content (AvgIpc) is 2.33. The zero-order chi connectivity index (χ0) is 12.0. The summed E-state index contributed by atoms with van der Waals surface area (Å²) in [4.78, 5) is 2.44. The smallest absolute Gasteiger partial charge is 0.0455 e. The van der Waals surface area contributed by atoms with Crippen LogP contribution in [0.3, 0.4) is 0 Å². The molecule has 0 aliphatic carbocycles. The Kier molecular flexibility index (Phi) is 2.80. The Morgan fingerprint density at radius 3 is 3.06 bits per heavy atom. The van der Waals surface area contributed by atoms with Gasteiger partial charge in [0.1, 0.15) is 0 Å². The van der Waals surface area contributed by atoms with Crippen LogP contribution in [0.2, 0.25) is 5.02 Å². The highest BCUT2D eigenvalue weighted by molar-refractivity contribution is 6.31. The van der Waals surface area contributed by atoms with E-state index in [2.05, 4.69) is 36.3 Å². The molecule has 92 valence electrons. The first-order valence-corrected chi connectivity index (χ1v) is 6.76. The first-order valence-electron chi connectivity index (χ1n) is 6.38. The first-order chi connectivity index (χ1) is 8.16. The number of rotatable bonds is 0. The second-order valence-corrected chi connectivity index (χ2v) is 5.84. The third-order valence-corrected chi connectivity index (χ3v) is 4.72. The molecule has 0 saturated carbocycles. The van der Waals surface area contributed by atoms with Crippen molar-refractivity contribution < 1.29 is 0 Å². The lowest BCUT2D eigenvalue weighted by molar-refractivity contribution is 0.187. The standard InChI is InChI=1S/C14H19ClN2/c1-9-13(15)4-3-12-11-5-6-17(2)8-10(11)7-16-14(9)12/h3-4,10-11,16H,5-8H2,1-2H3. The van der Waals surface area contributed by atoms with Crippen LogP contribution in [0.15, 0.2) is 12.1 Å². The van der Waals surface area contributed by atoms with Crippen molar-refractivity contribution in [3.8, 4) is 0 Å². The molecule has 1 saturated heterocycles. The average molecular weight is 251 g/mol. The van der Waals surface area contributed by atoms with E-state index in [-0.39, 0.29) is 0 Å². The van der Waals surface area contributed by atoms with Gasteiger partial charge in [0, 0.05) is 23.8 Å². The Morgan fingerprint density at radius 1 is 1.41 bits per heavy atom. The fourth-order valence-electron chi connectivity index (χ4n) is 3.31. The molecule has 0 aromatic heterocycles. The molecule has 2 aliphatic rings. The molecule has 0 radical (unpaired) electrons. The lowest BCUT2D eigenvalue weighted by Gasteiger charge is -2.42. The van der Waals surface area contributed by atoms with Crippen LogP contribution in [0.4, 0.5) is 5.69 Å². The quantitative estimate of drug-likeness (QED) is 0.761. The number of anilines is 1. The highest BCUT2D eigenvalue weighted by Crippen LogP contribution is 2.42. The molecule has 0 amide bonds. The first kappa shape index (κ1) is 11.4. The van der Waals surface area contributed by atoms with Crippen molar-refractivity contribution in [1.82, 2.24) is 4.90 Å². The van der Waals surface area contributed by atoms with Gasteiger partial charge in [-0.3, -0.25) is 0 Å². The van der Waals surface area contributed by atoms with Gasteiger partial charge in [-0.25, -0.2) is 0 Å². The van der Waals surface area contributed by atoms with E-state index < -0.39 is 0 Å². The Morgan fingerprint density at radius 2 is 2.24 bits per heavy atom. The zero-order valence-electron chi connectivity index (χ0n) is 10.5. The van der Waals surface area contributed by atoms with E-state index in [0.717, 1.165) is 23.4 Å². The van der Waals surface area contributed by atoms with Crippen molar-refractivity contribution in [3.63, 3.8) is 0 Å². The van der Waals surface area contributed by atoms with E-state index in [9.17, 15) is 0 Å². The number of fused-ring (bicyclic) bond motifs is 3. The normalized spacial score (nSPS) is 28.2. The van der Waals surface area contributed by atoms with E-state index in [0.29, 0.717) is 0 Å². The Bertz CT molecular complexity index is 444. The van der Waals surface area contributed by atoms with Gasteiger partial charge in [-0.05, 0) is 56.0 Å². The summed E-state index contributed by atoms with van der Waals surface area (Å²) < 4.78 is 0. The summed E-state index contributed by atoms with van der Waals surface area (Å²) in [6, 6.07) is 4.28. The van der Waals surface area contributed by atoms with Gasteiger partial charge >= 0.3 is 0 Å². The van der Waals surface area contributed by atoms with Gasteiger partial charge in [0.15, 0.2) is 0 Å². The number of likely N-dealkylation sites (tertiary alicyclic amines) is 1. The molecule has 0 bridgehead atoms. The summed E-state index contributed by atoms with van der Waals surface area (Å²) in [5, 5.41) is 4.46. The summed E-state index contributed by atoms with van der Waals surface area (Å²) >= 11 is 6.20. The molecule has 1 N–H and O–H groups in total. The molecule has 2 atom stereocenters. The second-order valence-electron chi connectivity index (χ2n) is 5.44. The van der Waals surface area contributed by atoms with Crippen molar-refractivity contribution in [2.45, 2.75) is 19.3 Å². The number of hydrogen-bond donors (Lipinski definition) is 1. The minimum atomic E-state index is 0.721. The number of benzene rings is 1. The van der Waals surface area contributed by atoms with Crippen molar-refractivity contribution in [2.24, 2.45) is 5.92 Å². The molecule has 1 fully saturated rings. The zero-order valence-corrected chi connectivity index (χ0v) is 11.2. The minimum absolute atomic E-state index is 0.721. The van der Waals surface area contributed by atoms with E-state index >= 15 is 0 Å². The molecule has 1 aromatic rings. The summed E-state index contributed by atoms with van der Waals surface area (Å²) in [6.45, 7) is 5.62. The molecule has 2 heterocycles. The number of hydrogen-bond acceptors (Lipinski definition) is 2. The molecule has 2 nitrogen and oxygen atoms in total. The number of nitrogens with one attached hydrogen (secondary N) is 1. The summed E-state index contributed by atoms with van der Waals surface area (Å²) in [5.41, 5.74) is 3.99. The lowest BCUT2D eigenvalue weighted by Crippen LogP contribution is -2.42. The topological polar surface area (TPSA) is 15.3 Å². The van der Waals surface area contributed by atoms with Gasteiger partial charge in [0.05, 0.1) is 0 Å². The third-order valence-electron chi connectivity index (χ3n) is 4.31. The van der Waals surface area contributed by atoms with E-state index in [1.165, 1.54) is 36.3 Å². The number of halogens is 1. The molecule has 0 spiro atoms. The maximum absolute atomic E-state index is 6.20. The van der Waals surface area contributed by atoms with Gasteiger partial charge in [-0.1, -0.05) is 17.7 Å². The van der Waals surface area contributed by atoms with Gasteiger partial charge in [0.25, 0.3) is 0 Å². The summed E-state index contributed by atoms with van der Waals surface area (Å²) in [7, 11) is 2.22. The summed E-state index contributed by atoms with van der Waals surface area (Å²) in [6.07, 6.45) is 1.27. The molecule has 2 unspecified atom stereocenters. The Balaban J connectivity index is 2.00. The lowest BCUT2D eigenvalue weighted by atomic mass is 9.77. The Hall–Kier alpha value is -0.730. The number of nitrogens with zero attached hydrogens (tertiary/aromatic N) is 1. The molecule has 2 aliphatic heterocycles. The van der Waals surface area contributed by atoms with Crippen LogP contribution in [0.25, 0.3) is 0 Å². The highest BCUT2D eigenvalue weighted by atomic mass is 35.5. The van der Waals surface area contributed by atoms with Crippen molar-refractivity contribution in [1.29, 1.82) is 0 Å². The van der Waals surface area contributed by atoms with Gasteiger partial charge in [-0.15, -0.1) is 0 Å². The van der Waals surface area contributed by atoms with Crippen LogP contribution in [-0.2, 0) is 0 Å². The monoisotopic (exact) mass is 250 g/mol. The van der Waals surface area contributed by atoms with Gasteiger partial charge in [-0.2, -0.15) is 0 Å². The molecular weight excluding hydrogens is 232 g/mol. The number of piperidine rings is 1. The van der Waals surface area contributed by atoms with Crippen LogP contribution in [-0.4, -0.2) is 31.6 Å². The van der Waals surface area contributed by atoms with Crippen LogP contribution < -0.4 is 5.32 Å². The van der Waals surface area contributed by atoms with Crippen molar-refractivity contribution in [2.75, 3.05) is 32.0 Å². The predicted molar refractivity (Wildman–Crippen MR) is 73.0 cm³/mol. The van der Waals surface area contributed by atoms with E-state index in [1.54, 1.807) is 0 Å². The predicted octanol–water partition coefficient (Wildman–Crippen LogP) is 3.11. The molecule has 3 rings (SSSR count). The van der Waals surface area contributed by atoms with Crippen LogP contribution >= 0.6 is 11.6 Å². The maximum atomic E-state index is 6.20. The molecule has 17 heavy (non-hydrogen) atoms. The van der Waals surface area contributed by atoms with Crippen molar-refractivity contribution in [3.05, 3.63) is 28.3 Å².